The number of nitrogens with two attached hydrogens (primary N) is 1. The maximum atomic E-state index is 12.4. The van der Waals surface area contributed by atoms with E-state index in [-0.39, 0.29) is 5.91 Å². The molecule has 1 amide bonds. The zero-order chi connectivity index (χ0) is 14.6. The average molecular weight is 296 g/mol. The summed E-state index contributed by atoms with van der Waals surface area (Å²) in [4.78, 5) is 12.8. The van der Waals surface area contributed by atoms with Crippen LogP contribution in [0.25, 0.3) is 0 Å². The van der Waals surface area contributed by atoms with Gasteiger partial charge in [0.05, 0.1) is 10.4 Å². The Morgan fingerprint density at radius 3 is 2.40 bits per heavy atom. The summed E-state index contributed by atoms with van der Waals surface area (Å²) in [5.41, 5.74) is 5.29. The van der Waals surface area contributed by atoms with E-state index in [4.69, 9.17) is 18.0 Å². The zero-order valence-electron chi connectivity index (χ0n) is 12.6. The lowest BCUT2D eigenvalue weighted by Crippen LogP contribution is -2.47. The molecule has 2 rings (SSSR count). The van der Waals surface area contributed by atoms with Crippen LogP contribution in [0.2, 0.25) is 0 Å². The Morgan fingerprint density at radius 2 is 1.85 bits per heavy atom. The zero-order valence-corrected chi connectivity index (χ0v) is 13.4. The van der Waals surface area contributed by atoms with Crippen LogP contribution in [0.4, 0.5) is 0 Å². The van der Waals surface area contributed by atoms with Crippen molar-refractivity contribution < 1.29 is 4.79 Å². The fourth-order valence-corrected chi connectivity index (χ4v) is 4.04. The molecule has 0 spiro atoms. The van der Waals surface area contributed by atoms with Crippen LogP contribution in [-0.2, 0) is 4.79 Å². The summed E-state index contributed by atoms with van der Waals surface area (Å²) in [5, 5.41) is 3.10. The van der Waals surface area contributed by atoms with E-state index in [2.05, 4.69) is 12.2 Å². The summed E-state index contributed by atoms with van der Waals surface area (Å²) in [6.07, 6.45) is 10.2. The second-order valence-corrected chi connectivity index (χ2v) is 7.26. The van der Waals surface area contributed by atoms with Gasteiger partial charge in [0.15, 0.2) is 0 Å². The number of hydrogen-bond acceptors (Lipinski definition) is 2. The Bertz CT molecular complexity index is 355. The van der Waals surface area contributed by atoms with E-state index in [9.17, 15) is 4.79 Å². The fourth-order valence-electron chi connectivity index (χ4n) is 3.74. The molecule has 0 heterocycles. The summed E-state index contributed by atoms with van der Waals surface area (Å²) < 4.78 is 0. The van der Waals surface area contributed by atoms with Gasteiger partial charge in [-0.25, -0.2) is 0 Å². The number of carbonyl (C=O) groups is 1. The van der Waals surface area contributed by atoms with Crippen LogP contribution in [0.3, 0.4) is 0 Å². The fraction of sp³-hybridized carbons (Fsp3) is 0.875. The van der Waals surface area contributed by atoms with Gasteiger partial charge in [0.1, 0.15) is 0 Å². The van der Waals surface area contributed by atoms with Gasteiger partial charge < -0.3 is 11.1 Å². The molecule has 0 atom stereocenters. The molecule has 2 aliphatic carbocycles. The van der Waals surface area contributed by atoms with Crippen LogP contribution in [0.15, 0.2) is 0 Å². The highest BCUT2D eigenvalue weighted by Gasteiger charge is 2.43. The van der Waals surface area contributed by atoms with Gasteiger partial charge in [-0.05, 0) is 31.1 Å². The molecule has 0 saturated heterocycles. The van der Waals surface area contributed by atoms with Crippen LogP contribution >= 0.6 is 12.2 Å². The first kappa shape index (κ1) is 15.7. The predicted octanol–water partition coefficient (Wildman–Crippen LogP) is 3.17. The minimum Gasteiger partial charge on any atom is -0.392 e. The van der Waals surface area contributed by atoms with Crippen molar-refractivity contribution in [3.8, 4) is 0 Å². The number of carbonyl (C=O) groups excluding carboxylic acids is 1. The SMILES string of the molecule is CC1CCC(CCNC(=O)C2(C(N)=S)CCCC2)CC1. The third kappa shape index (κ3) is 3.51. The molecule has 0 aromatic heterocycles. The molecule has 114 valence electrons. The number of thiocarbonyl (C=S) groups is 1. The van der Waals surface area contributed by atoms with E-state index in [1.165, 1.54) is 25.7 Å². The Balaban J connectivity index is 1.76. The van der Waals surface area contributed by atoms with Crippen LogP contribution in [0, 0.1) is 17.3 Å². The minimum absolute atomic E-state index is 0.0756. The first-order valence-electron chi connectivity index (χ1n) is 8.13. The Labute approximate surface area is 128 Å². The predicted molar refractivity (Wildman–Crippen MR) is 86.4 cm³/mol. The van der Waals surface area contributed by atoms with Gasteiger partial charge in [0.25, 0.3) is 0 Å². The monoisotopic (exact) mass is 296 g/mol. The normalized spacial score (nSPS) is 29.1. The number of hydrogen-bond donors (Lipinski definition) is 2. The van der Waals surface area contributed by atoms with Gasteiger partial charge in [0, 0.05) is 6.54 Å². The lowest BCUT2D eigenvalue weighted by atomic mass is 9.81. The van der Waals surface area contributed by atoms with E-state index in [0.29, 0.717) is 4.99 Å². The molecule has 0 aromatic carbocycles. The van der Waals surface area contributed by atoms with Crippen molar-refractivity contribution in [3.63, 3.8) is 0 Å². The van der Waals surface area contributed by atoms with Gasteiger partial charge in [-0.3, -0.25) is 4.79 Å². The summed E-state index contributed by atoms with van der Waals surface area (Å²) in [6, 6.07) is 0. The molecule has 2 aliphatic rings. The molecule has 0 aromatic rings. The van der Waals surface area contributed by atoms with Crippen molar-refractivity contribution in [2.45, 2.75) is 64.7 Å². The first-order valence-corrected chi connectivity index (χ1v) is 8.53. The highest BCUT2D eigenvalue weighted by atomic mass is 32.1. The summed E-state index contributed by atoms with van der Waals surface area (Å²) in [7, 11) is 0. The molecular formula is C16H28N2OS. The number of amides is 1. The summed E-state index contributed by atoms with van der Waals surface area (Å²) in [5.74, 6) is 1.75. The van der Waals surface area contributed by atoms with Crippen LogP contribution < -0.4 is 11.1 Å². The van der Waals surface area contributed by atoms with Crippen molar-refractivity contribution in [2.24, 2.45) is 23.0 Å². The van der Waals surface area contributed by atoms with Gasteiger partial charge >= 0.3 is 0 Å². The van der Waals surface area contributed by atoms with Crippen molar-refractivity contribution in [1.29, 1.82) is 0 Å². The van der Waals surface area contributed by atoms with Crippen molar-refractivity contribution >= 4 is 23.1 Å². The first-order chi connectivity index (χ1) is 9.54. The molecule has 0 unspecified atom stereocenters. The molecule has 3 N–H and O–H groups in total. The minimum atomic E-state index is -0.545. The van der Waals surface area contributed by atoms with E-state index in [0.717, 1.165) is 50.5 Å². The van der Waals surface area contributed by atoms with E-state index in [1.54, 1.807) is 0 Å². The number of nitrogens with one attached hydrogen (secondary N) is 1. The Kier molecular flexibility index (Phi) is 5.42. The second kappa shape index (κ2) is 6.88. The largest absolute Gasteiger partial charge is 0.392 e. The van der Waals surface area contributed by atoms with Gasteiger partial charge in [-0.2, -0.15) is 0 Å². The molecule has 2 saturated carbocycles. The van der Waals surface area contributed by atoms with Crippen LogP contribution in [0.5, 0.6) is 0 Å². The molecule has 0 bridgehead atoms. The van der Waals surface area contributed by atoms with Gasteiger partial charge in [0.2, 0.25) is 5.91 Å². The topological polar surface area (TPSA) is 55.1 Å². The van der Waals surface area contributed by atoms with E-state index in [1.807, 2.05) is 0 Å². The summed E-state index contributed by atoms with van der Waals surface area (Å²) in [6.45, 7) is 3.12. The smallest absolute Gasteiger partial charge is 0.233 e. The molecule has 0 aliphatic heterocycles. The molecule has 3 nitrogen and oxygen atoms in total. The lowest BCUT2D eigenvalue weighted by Gasteiger charge is -2.28. The maximum absolute atomic E-state index is 12.4. The lowest BCUT2D eigenvalue weighted by molar-refractivity contribution is -0.127. The van der Waals surface area contributed by atoms with Gasteiger partial charge in [-0.15, -0.1) is 0 Å². The van der Waals surface area contributed by atoms with Crippen molar-refractivity contribution in [1.82, 2.24) is 5.32 Å². The maximum Gasteiger partial charge on any atom is 0.233 e. The van der Waals surface area contributed by atoms with E-state index < -0.39 is 5.41 Å². The quantitative estimate of drug-likeness (QED) is 0.766. The third-order valence-electron chi connectivity index (χ3n) is 5.34. The second-order valence-electron chi connectivity index (χ2n) is 6.82. The molecular weight excluding hydrogens is 268 g/mol. The van der Waals surface area contributed by atoms with Crippen LogP contribution in [-0.4, -0.2) is 17.4 Å². The standard InChI is InChI=1S/C16H28N2OS/c1-12-4-6-13(7-5-12)8-11-18-15(19)16(14(17)20)9-2-3-10-16/h12-13H,2-11H2,1H3,(H2,17,20)(H,18,19). The van der Waals surface area contributed by atoms with Gasteiger partial charge in [-0.1, -0.05) is 57.7 Å². The highest BCUT2D eigenvalue weighted by Crippen LogP contribution is 2.38. The van der Waals surface area contributed by atoms with Crippen molar-refractivity contribution in [3.05, 3.63) is 0 Å². The molecule has 4 heteroatoms. The Hall–Kier alpha value is -0.640. The molecule has 2 fully saturated rings. The number of rotatable bonds is 5. The Morgan fingerprint density at radius 1 is 1.25 bits per heavy atom. The van der Waals surface area contributed by atoms with Crippen LogP contribution in [0.1, 0.15) is 64.7 Å². The highest BCUT2D eigenvalue weighted by molar-refractivity contribution is 7.80. The third-order valence-corrected chi connectivity index (χ3v) is 5.73. The van der Waals surface area contributed by atoms with E-state index >= 15 is 0 Å². The summed E-state index contributed by atoms with van der Waals surface area (Å²) >= 11 is 5.15. The average Bonchev–Trinajstić information content (AvgIpc) is 2.91. The molecule has 20 heavy (non-hydrogen) atoms. The van der Waals surface area contributed by atoms with Crippen molar-refractivity contribution in [2.75, 3.05) is 6.54 Å². The molecule has 0 radical (unpaired) electrons.